The molecule has 122 valence electrons. The second kappa shape index (κ2) is 9.43. The lowest BCUT2D eigenvalue weighted by Crippen LogP contribution is -2.25. The van der Waals surface area contributed by atoms with Gasteiger partial charge in [-0.15, -0.1) is 11.8 Å². The SMILES string of the molecule is O=C(CCc1c(Cl)cccc1Cl)NCCSc1ccc(Cl)cc1. The van der Waals surface area contributed by atoms with Gasteiger partial charge in [-0.3, -0.25) is 4.79 Å². The van der Waals surface area contributed by atoms with Crippen molar-refractivity contribution in [2.75, 3.05) is 12.3 Å². The maximum absolute atomic E-state index is 11.9. The highest BCUT2D eigenvalue weighted by atomic mass is 35.5. The highest BCUT2D eigenvalue weighted by molar-refractivity contribution is 7.99. The topological polar surface area (TPSA) is 29.1 Å². The highest BCUT2D eigenvalue weighted by Crippen LogP contribution is 2.25. The Hall–Kier alpha value is -0.870. The molecule has 0 aliphatic carbocycles. The summed E-state index contributed by atoms with van der Waals surface area (Å²) >= 11 is 19.7. The van der Waals surface area contributed by atoms with Crippen molar-refractivity contribution in [3.05, 3.63) is 63.1 Å². The largest absolute Gasteiger partial charge is 0.355 e. The van der Waals surface area contributed by atoms with Crippen LogP contribution in [-0.4, -0.2) is 18.2 Å². The Balaban J connectivity index is 1.68. The second-order valence-corrected chi connectivity index (χ2v) is 7.27. The molecule has 6 heteroatoms. The first-order chi connectivity index (χ1) is 11.1. The Bertz CT molecular complexity index is 641. The number of hydrogen-bond acceptors (Lipinski definition) is 2. The van der Waals surface area contributed by atoms with E-state index in [0.717, 1.165) is 21.2 Å². The first-order valence-electron chi connectivity index (χ1n) is 7.14. The molecule has 1 N–H and O–H groups in total. The molecular weight excluding hydrogens is 373 g/mol. The minimum atomic E-state index is -0.00214. The molecule has 2 aromatic carbocycles. The van der Waals surface area contributed by atoms with Gasteiger partial charge in [0.1, 0.15) is 0 Å². The van der Waals surface area contributed by atoms with Gasteiger partial charge in [-0.2, -0.15) is 0 Å². The Kier molecular flexibility index (Phi) is 7.57. The molecule has 0 saturated carbocycles. The molecule has 2 aromatic rings. The summed E-state index contributed by atoms with van der Waals surface area (Å²) in [6.07, 6.45) is 0.906. The van der Waals surface area contributed by atoms with Gasteiger partial charge in [0.05, 0.1) is 0 Å². The fraction of sp³-hybridized carbons (Fsp3) is 0.235. The zero-order valence-electron chi connectivity index (χ0n) is 12.3. The predicted molar refractivity (Wildman–Crippen MR) is 100.0 cm³/mol. The van der Waals surface area contributed by atoms with Crippen LogP contribution in [0.4, 0.5) is 0 Å². The van der Waals surface area contributed by atoms with E-state index in [1.165, 1.54) is 0 Å². The van der Waals surface area contributed by atoms with Gasteiger partial charge in [0.2, 0.25) is 5.91 Å². The van der Waals surface area contributed by atoms with Crippen molar-refractivity contribution in [2.45, 2.75) is 17.7 Å². The molecule has 0 bridgehead atoms. The molecule has 0 fully saturated rings. The van der Waals surface area contributed by atoms with Crippen LogP contribution >= 0.6 is 46.6 Å². The van der Waals surface area contributed by atoms with Gasteiger partial charge in [-0.1, -0.05) is 40.9 Å². The number of nitrogens with one attached hydrogen (secondary N) is 1. The van der Waals surface area contributed by atoms with E-state index in [1.807, 2.05) is 24.3 Å². The van der Waals surface area contributed by atoms with Crippen LogP contribution in [-0.2, 0) is 11.2 Å². The van der Waals surface area contributed by atoms with Crippen LogP contribution < -0.4 is 5.32 Å². The average molecular weight is 389 g/mol. The van der Waals surface area contributed by atoms with Gasteiger partial charge < -0.3 is 5.32 Å². The summed E-state index contributed by atoms with van der Waals surface area (Å²) in [5.74, 6) is 0.804. The van der Waals surface area contributed by atoms with Gasteiger partial charge in [0.25, 0.3) is 0 Å². The van der Waals surface area contributed by atoms with E-state index in [0.29, 0.717) is 29.4 Å². The molecule has 23 heavy (non-hydrogen) atoms. The number of carbonyl (C=O) groups is 1. The minimum Gasteiger partial charge on any atom is -0.355 e. The molecule has 0 radical (unpaired) electrons. The van der Waals surface area contributed by atoms with Crippen LogP contribution in [0.3, 0.4) is 0 Å². The van der Waals surface area contributed by atoms with Crippen LogP contribution in [0.5, 0.6) is 0 Å². The minimum absolute atomic E-state index is 0.00214. The van der Waals surface area contributed by atoms with E-state index in [2.05, 4.69) is 5.32 Å². The van der Waals surface area contributed by atoms with Gasteiger partial charge in [-0.25, -0.2) is 0 Å². The molecule has 0 aromatic heterocycles. The van der Waals surface area contributed by atoms with Crippen molar-refractivity contribution in [3.8, 4) is 0 Å². The zero-order valence-corrected chi connectivity index (χ0v) is 15.4. The van der Waals surface area contributed by atoms with E-state index >= 15 is 0 Å². The third kappa shape index (κ3) is 6.27. The van der Waals surface area contributed by atoms with Crippen molar-refractivity contribution in [1.82, 2.24) is 5.32 Å². The molecule has 0 aliphatic heterocycles. The monoisotopic (exact) mass is 387 g/mol. The normalized spacial score (nSPS) is 10.6. The number of benzene rings is 2. The lowest BCUT2D eigenvalue weighted by atomic mass is 10.1. The first kappa shape index (κ1) is 18.5. The van der Waals surface area contributed by atoms with E-state index in [4.69, 9.17) is 34.8 Å². The maximum atomic E-state index is 11.9. The number of carbonyl (C=O) groups excluding carboxylic acids is 1. The number of rotatable bonds is 7. The van der Waals surface area contributed by atoms with Crippen LogP contribution in [0.25, 0.3) is 0 Å². The fourth-order valence-electron chi connectivity index (χ4n) is 1.99. The highest BCUT2D eigenvalue weighted by Gasteiger charge is 2.08. The average Bonchev–Trinajstić information content (AvgIpc) is 2.53. The van der Waals surface area contributed by atoms with Crippen LogP contribution in [0, 0.1) is 0 Å². The molecule has 2 rings (SSSR count). The van der Waals surface area contributed by atoms with Gasteiger partial charge in [-0.05, 0) is 48.4 Å². The predicted octanol–water partition coefficient (Wildman–Crippen LogP) is 5.49. The molecule has 0 aliphatic rings. The molecule has 0 atom stereocenters. The third-order valence-electron chi connectivity index (χ3n) is 3.17. The molecule has 0 saturated heterocycles. The number of amides is 1. The quantitative estimate of drug-likeness (QED) is 0.502. The molecule has 0 unspecified atom stereocenters. The molecule has 1 amide bonds. The summed E-state index contributed by atoms with van der Waals surface area (Å²) in [5.41, 5.74) is 0.821. The smallest absolute Gasteiger partial charge is 0.220 e. The molecule has 0 heterocycles. The summed E-state index contributed by atoms with van der Waals surface area (Å²) < 4.78 is 0. The lowest BCUT2D eigenvalue weighted by molar-refractivity contribution is -0.120. The van der Waals surface area contributed by atoms with Crippen LogP contribution in [0.1, 0.15) is 12.0 Å². The lowest BCUT2D eigenvalue weighted by Gasteiger charge is -2.08. The second-order valence-electron chi connectivity index (χ2n) is 4.85. The van der Waals surface area contributed by atoms with Crippen LogP contribution in [0.15, 0.2) is 47.4 Å². The summed E-state index contributed by atoms with van der Waals surface area (Å²) in [4.78, 5) is 13.0. The van der Waals surface area contributed by atoms with Crippen molar-refractivity contribution in [3.63, 3.8) is 0 Å². The Morgan fingerprint density at radius 2 is 1.65 bits per heavy atom. The standard InChI is InChI=1S/C17H16Cl3NOS/c18-12-4-6-13(7-5-12)23-11-10-21-17(22)9-8-14-15(19)2-1-3-16(14)20/h1-7H,8-11H2,(H,21,22). The van der Waals surface area contributed by atoms with Crippen LogP contribution in [0.2, 0.25) is 15.1 Å². The zero-order chi connectivity index (χ0) is 16.7. The summed E-state index contributed by atoms with van der Waals surface area (Å²) in [6, 6.07) is 13.0. The van der Waals surface area contributed by atoms with E-state index in [-0.39, 0.29) is 5.91 Å². The molecule has 0 spiro atoms. The van der Waals surface area contributed by atoms with Crippen molar-refractivity contribution < 1.29 is 4.79 Å². The Morgan fingerprint density at radius 1 is 1.00 bits per heavy atom. The fourth-order valence-corrected chi connectivity index (χ4v) is 3.47. The van der Waals surface area contributed by atoms with Gasteiger partial charge in [0, 0.05) is 38.7 Å². The molecular formula is C17H16Cl3NOS. The van der Waals surface area contributed by atoms with Gasteiger partial charge in [0.15, 0.2) is 0 Å². The summed E-state index contributed by atoms with van der Waals surface area (Å²) in [6.45, 7) is 0.613. The van der Waals surface area contributed by atoms with E-state index < -0.39 is 0 Å². The van der Waals surface area contributed by atoms with Crippen molar-refractivity contribution in [1.29, 1.82) is 0 Å². The number of halogens is 3. The third-order valence-corrected chi connectivity index (χ3v) is 5.14. The first-order valence-corrected chi connectivity index (χ1v) is 9.26. The number of hydrogen-bond donors (Lipinski definition) is 1. The van der Waals surface area contributed by atoms with Gasteiger partial charge >= 0.3 is 0 Å². The number of thioether (sulfide) groups is 1. The molecule has 2 nitrogen and oxygen atoms in total. The Morgan fingerprint density at radius 3 is 2.30 bits per heavy atom. The Labute approximate surface area is 155 Å². The van der Waals surface area contributed by atoms with Crippen molar-refractivity contribution in [2.24, 2.45) is 0 Å². The summed E-state index contributed by atoms with van der Waals surface area (Å²) in [7, 11) is 0. The van der Waals surface area contributed by atoms with E-state index in [1.54, 1.807) is 30.0 Å². The summed E-state index contributed by atoms with van der Waals surface area (Å²) in [5, 5.41) is 4.83. The van der Waals surface area contributed by atoms with E-state index in [9.17, 15) is 4.79 Å². The maximum Gasteiger partial charge on any atom is 0.220 e. The van der Waals surface area contributed by atoms with Crippen molar-refractivity contribution >= 4 is 52.5 Å².